The molecule has 0 aliphatic carbocycles. The second-order valence-electron chi connectivity index (χ2n) is 4.60. The van der Waals surface area contributed by atoms with Crippen LogP contribution in [-0.4, -0.2) is 77.4 Å². The Balaban J connectivity index is 0.000000438. The number of aliphatic carboxylic acids is 1. The first-order valence-electron chi connectivity index (χ1n) is 7.10. The normalized spacial score (nSPS) is 10.2. The van der Waals surface area contributed by atoms with Crippen molar-refractivity contribution in [3.8, 4) is 5.75 Å². The molecule has 1 aromatic carbocycles. The molecule has 0 radical (unpaired) electrons. The van der Waals surface area contributed by atoms with Crippen LogP contribution in [-0.2, 0) is 4.79 Å². The third kappa shape index (κ3) is 10.9. The highest BCUT2D eigenvalue weighted by molar-refractivity contribution is 6.30. The van der Waals surface area contributed by atoms with Gasteiger partial charge < -0.3 is 25.2 Å². The van der Waals surface area contributed by atoms with Crippen LogP contribution in [0.5, 0.6) is 5.75 Å². The number of aliphatic hydroxyl groups is 3. The van der Waals surface area contributed by atoms with E-state index >= 15 is 0 Å². The third-order valence-electron chi connectivity index (χ3n) is 2.74. The number of carbonyl (C=O) groups is 1. The molecule has 1 aromatic rings. The molecule has 0 atom stereocenters. The summed E-state index contributed by atoms with van der Waals surface area (Å²) in [4.78, 5) is 12.0. The number of nitrogens with zero attached hydrogens (tertiary/aromatic N) is 1. The second-order valence-corrected chi connectivity index (χ2v) is 5.04. The number of aryl methyl sites for hydroxylation is 1. The van der Waals surface area contributed by atoms with Gasteiger partial charge in [-0.25, -0.2) is 4.79 Å². The Morgan fingerprint density at radius 1 is 1.13 bits per heavy atom. The molecule has 0 amide bonds. The number of hydrogen-bond donors (Lipinski definition) is 4. The van der Waals surface area contributed by atoms with Gasteiger partial charge in [-0.05, 0) is 30.7 Å². The molecule has 7 nitrogen and oxygen atoms in total. The lowest BCUT2D eigenvalue weighted by molar-refractivity contribution is -0.139. The van der Waals surface area contributed by atoms with Crippen LogP contribution in [0.15, 0.2) is 18.2 Å². The maximum Gasteiger partial charge on any atom is 0.341 e. The highest BCUT2D eigenvalue weighted by Crippen LogP contribution is 2.21. The Morgan fingerprint density at radius 3 is 2.04 bits per heavy atom. The summed E-state index contributed by atoms with van der Waals surface area (Å²) in [6.45, 7) is 3.23. The lowest BCUT2D eigenvalue weighted by Crippen LogP contribution is -2.32. The van der Waals surface area contributed by atoms with Crippen molar-refractivity contribution in [2.24, 2.45) is 0 Å². The Bertz CT molecular complexity index is 443. The first-order chi connectivity index (χ1) is 10.9. The Hall–Kier alpha value is -1.38. The van der Waals surface area contributed by atoms with Crippen molar-refractivity contribution in [2.75, 3.05) is 46.1 Å². The van der Waals surface area contributed by atoms with Gasteiger partial charge in [-0.2, -0.15) is 0 Å². The molecule has 23 heavy (non-hydrogen) atoms. The molecule has 1 rings (SSSR count). The number of benzene rings is 1. The van der Waals surface area contributed by atoms with Gasteiger partial charge in [0.05, 0.1) is 19.8 Å². The third-order valence-corrected chi connectivity index (χ3v) is 2.97. The van der Waals surface area contributed by atoms with Crippen molar-refractivity contribution in [1.29, 1.82) is 0 Å². The smallest absolute Gasteiger partial charge is 0.341 e. The van der Waals surface area contributed by atoms with Crippen LogP contribution in [0, 0.1) is 6.92 Å². The molecule has 0 saturated carbocycles. The van der Waals surface area contributed by atoms with Gasteiger partial charge >= 0.3 is 5.97 Å². The second kappa shape index (κ2) is 13.1. The maximum atomic E-state index is 10.2. The molecular weight excluding hydrogens is 326 g/mol. The molecule has 0 bridgehead atoms. The van der Waals surface area contributed by atoms with Crippen molar-refractivity contribution in [3.05, 3.63) is 28.8 Å². The average molecular weight is 350 g/mol. The fraction of sp³-hybridized carbons (Fsp3) is 0.533. The summed E-state index contributed by atoms with van der Waals surface area (Å²) in [7, 11) is 0. The van der Waals surface area contributed by atoms with Crippen LogP contribution >= 0.6 is 11.6 Å². The predicted molar refractivity (Wildman–Crippen MR) is 87.0 cm³/mol. The fourth-order valence-electron chi connectivity index (χ4n) is 1.67. The van der Waals surface area contributed by atoms with Crippen molar-refractivity contribution >= 4 is 17.6 Å². The molecule has 8 heteroatoms. The molecule has 0 aliphatic heterocycles. The van der Waals surface area contributed by atoms with Crippen LogP contribution in [0.25, 0.3) is 0 Å². The van der Waals surface area contributed by atoms with E-state index in [0.717, 1.165) is 5.56 Å². The summed E-state index contributed by atoms with van der Waals surface area (Å²) >= 11 is 5.71. The van der Waals surface area contributed by atoms with Crippen molar-refractivity contribution in [3.63, 3.8) is 0 Å². The van der Waals surface area contributed by atoms with Gasteiger partial charge in [-0.15, -0.1) is 0 Å². The van der Waals surface area contributed by atoms with Gasteiger partial charge in [0.2, 0.25) is 0 Å². The highest BCUT2D eigenvalue weighted by atomic mass is 35.5. The van der Waals surface area contributed by atoms with E-state index in [0.29, 0.717) is 30.4 Å². The van der Waals surface area contributed by atoms with E-state index in [1.54, 1.807) is 23.1 Å². The van der Waals surface area contributed by atoms with Crippen molar-refractivity contribution < 1.29 is 30.0 Å². The molecule has 0 aliphatic rings. The number of hydrogen-bond acceptors (Lipinski definition) is 6. The molecule has 0 fully saturated rings. The molecule has 132 valence electrons. The summed E-state index contributed by atoms with van der Waals surface area (Å²) in [6.07, 6.45) is 0. The molecule has 4 N–H and O–H groups in total. The summed E-state index contributed by atoms with van der Waals surface area (Å²) in [5.74, 6) is -0.443. The van der Waals surface area contributed by atoms with Gasteiger partial charge in [0, 0.05) is 24.7 Å². The highest BCUT2D eigenvalue weighted by Gasteiger charge is 2.02. The van der Waals surface area contributed by atoms with Crippen LogP contribution in [0.1, 0.15) is 5.56 Å². The quantitative estimate of drug-likeness (QED) is 0.510. The lowest BCUT2D eigenvalue weighted by atomic mass is 10.2. The number of carboxylic acids is 1. The van der Waals surface area contributed by atoms with E-state index in [9.17, 15) is 4.79 Å². The van der Waals surface area contributed by atoms with Gasteiger partial charge in [0.25, 0.3) is 0 Å². The first kappa shape index (κ1) is 21.6. The molecular formula is C15H24ClNO6. The van der Waals surface area contributed by atoms with Crippen LogP contribution < -0.4 is 4.74 Å². The first-order valence-corrected chi connectivity index (χ1v) is 7.48. The molecule has 0 aromatic heterocycles. The number of carboxylic acid groups (broad SMARTS) is 1. The minimum Gasteiger partial charge on any atom is -0.482 e. The number of aliphatic hydroxyl groups excluding tert-OH is 3. The topological polar surface area (TPSA) is 110 Å². The molecule has 0 saturated heterocycles. The van der Waals surface area contributed by atoms with E-state index in [4.69, 9.17) is 36.8 Å². The zero-order chi connectivity index (χ0) is 17.7. The van der Waals surface area contributed by atoms with E-state index in [1.165, 1.54) is 0 Å². The zero-order valence-corrected chi connectivity index (χ0v) is 13.9. The van der Waals surface area contributed by atoms with E-state index in [1.807, 2.05) is 6.92 Å². The van der Waals surface area contributed by atoms with E-state index in [2.05, 4.69) is 0 Å². The Morgan fingerprint density at radius 2 is 1.65 bits per heavy atom. The van der Waals surface area contributed by atoms with Crippen LogP contribution in [0.2, 0.25) is 5.02 Å². The Kier molecular flexibility index (Phi) is 12.3. The van der Waals surface area contributed by atoms with E-state index in [-0.39, 0.29) is 26.4 Å². The van der Waals surface area contributed by atoms with Gasteiger partial charge in [0.1, 0.15) is 5.75 Å². The van der Waals surface area contributed by atoms with Crippen LogP contribution in [0.4, 0.5) is 0 Å². The van der Waals surface area contributed by atoms with Crippen molar-refractivity contribution in [2.45, 2.75) is 6.92 Å². The summed E-state index contributed by atoms with van der Waals surface area (Å²) in [5.41, 5.74) is 0.828. The average Bonchev–Trinajstić information content (AvgIpc) is 2.48. The standard InChI is InChI=1S/C9H9ClO3.C6H15NO3/c1-6-4-7(10)2-3-8(6)13-5-9(11)12;8-4-1-7(2-5-9)3-6-10/h2-4H,5H2,1H3,(H,11,12);8-10H,1-6H2. The van der Waals surface area contributed by atoms with Crippen molar-refractivity contribution in [1.82, 2.24) is 4.90 Å². The lowest BCUT2D eigenvalue weighted by Gasteiger charge is -2.17. The number of halogens is 1. The van der Waals surface area contributed by atoms with Gasteiger partial charge in [-0.3, -0.25) is 4.90 Å². The fourth-order valence-corrected chi connectivity index (χ4v) is 1.90. The minimum atomic E-state index is -0.991. The van der Waals surface area contributed by atoms with Crippen LogP contribution in [0.3, 0.4) is 0 Å². The molecule has 0 spiro atoms. The van der Waals surface area contributed by atoms with E-state index < -0.39 is 5.97 Å². The zero-order valence-electron chi connectivity index (χ0n) is 13.1. The molecule has 0 unspecified atom stereocenters. The largest absolute Gasteiger partial charge is 0.482 e. The summed E-state index contributed by atoms with van der Waals surface area (Å²) in [6, 6.07) is 5.03. The minimum absolute atomic E-state index is 0.0694. The monoisotopic (exact) mass is 349 g/mol. The Labute approximate surface area is 140 Å². The number of rotatable bonds is 9. The van der Waals surface area contributed by atoms with Gasteiger partial charge in [-0.1, -0.05) is 11.6 Å². The SMILES string of the molecule is Cc1cc(Cl)ccc1OCC(=O)O.OCCN(CCO)CCO. The molecule has 0 heterocycles. The predicted octanol–water partition coefficient (Wildman–Crippen LogP) is 0.377. The maximum absolute atomic E-state index is 10.2. The summed E-state index contributed by atoms with van der Waals surface area (Å²) < 4.78 is 5.00. The van der Waals surface area contributed by atoms with Gasteiger partial charge in [0.15, 0.2) is 6.61 Å². The number of ether oxygens (including phenoxy) is 1. The summed E-state index contributed by atoms with van der Waals surface area (Å²) in [5, 5.41) is 34.4.